The van der Waals surface area contributed by atoms with Crippen molar-refractivity contribution in [2.45, 2.75) is 20.8 Å². The van der Waals surface area contributed by atoms with E-state index in [4.69, 9.17) is 0 Å². The Morgan fingerprint density at radius 2 is 1.82 bits per heavy atom. The molecule has 0 aliphatic heterocycles. The summed E-state index contributed by atoms with van der Waals surface area (Å²) >= 11 is 0. The number of rotatable bonds is 1. The molecule has 2 aromatic rings. The Bertz CT molecular complexity index is 546. The van der Waals surface area contributed by atoms with Gasteiger partial charge < -0.3 is 0 Å². The molecule has 0 amide bonds. The van der Waals surface area contributed by atoms with E-state index in [1.165, 1.54) is 16.7 Å². The Balaban J connectivity index is 0.000000686. The van der Waals surface area contributed by atoms with E-state index in [1.807, 2.05) is 13.8 Å². The maximum absolute atomic E-state index is 13.3. The van der Waals surface area contributed by atoms with Crippen molar-refractivity contribution in [3.8, 4) is 5.69 Å². The van der Waals surface area contributed by atoms with Gasteiger partial charge in [-0.25, -0.2) is 4.39 Å². The quantitative estimate of drug-likeness (QED) is 0.740. The second-order valence-corrected chi connectivity index (χ2v) is 3.34. The van der Waals surface area contributed by atoms with Gasteiger partial charge in [-0.05, 0) is 30.7 Å². The van der Waals surface area contributed by atoms with E-state index < -0.39 is 0 Å². The van der Waals surface area contributed by atoms with Crippen LogP contribution in [-0.2, 0) is 0 Å². The van der Waals surface area contributed by atoms with Crippen molar-refractivity contribution in [3.05, 3.63) is 64.3 Å². The maximum atomic E-state index is 13.3. The first-order chi connectivity index (χ1) is 8.18. The lowest BCUT2D eigenvalue weighted by molar-refractivity contribution is 0.617. The predicted octanol–water partition coefficient (Wildman–Crippen LogP) is 3.31. The average molecular weight is 233 g/mol. The first-order valence-electron chi connectivity index (χ1n) is 5.63. The minimum Gasteiger partial charge on any atom is -0.284 e. The van der Waals surface area contributed by atoms with Gasteiger partial charge in [0, 0.05) is 12.3 Å². The van der Waals surface area contributed by atoms with E-state index >= 15 is 0 Å². The van der Waals surface area contributed by atoms with Gasteiger partial charge in [0.2, 0.25) is 0 Å². The molecule has 0 saturated heterocycles. The Morgan fingerprint density at radius 1 is 1.12 bits per heavy atom. The third-order valence-corrected chi connectivity index (χ3v) is 2.26. The highest BCUT2D eigenvalue weighted by molar-refractivity contribution is 5.35. The number of nitrogens with zero attached hydrogens (tertiary/aromatic N) is 1. The molecule has 3 heteroatoms. The van der Waals surface area contributed by atoms with Gasteiger partial charge >= 0.3 is 0 Å². The molecule has 0 bridgehead atoms. The van der Waals surface area contributed by atoms with Crippen LogP contribution in [0, 0.1) is 12.7 Å². The zero-order chi connectivity index (χ0) is 12.8. The van der Waals surface area contributed by atoms with E-state index in [1.54, 1.807) is 37.4 Å². The number of aromatic nitrogens is 1. The van der Waals surface area contributed by atoms with Crippen LogP contribution in [0.15, 0.2) is 47.4 Å². The van der Waals surface area contributed by atoms with E-state index in [-0.39, 0.29) is 11.4 Å². The first kappa shape index (κ1) is 13.2. The normalized spacial score (nSPS) is 9.41. The number of halogens is 1. The third-order valence-electron chi connectivity index (χ3n) is 2.26. The van der Waals surface area contributed by atoms with E-state index in [0.717, 1.165) is 0 Å². The first-order valence-corrected chi connectivity index (χ1v) is 5.63. The van der Waals surface area contributed by atoms with Gasteiger partial charge in [0.1, 0.15) is 5.82 Å². The highest BCUT2D eigenvalue weighted by atomic mass is 19.1. The summed E-state index contributed by atoms with van der Waals surface area (Å²) in [4.78, 5) is 11.5. The molecule has 1 aromatic carbocycles. The standard InChI is InChI=1S/C12H10FNO.C2H6/c1-9-5-6-10(8-11(9)13)14-7-3-2-4-12(14)15;1-2/h2-8H,1H3;1-2H3. The number of hydrogen-bond donors (Lipinski definition) is 0. The fraction of sp³-hybridized carbons (Fsp3) is 0.214. The van der Waals surface area contributed by atoms with Gasteiger partial charge in [0.15, 0.2) is 0 Å². The molecule has 2 rings (SSSR count). The SMILES string of the molecule is CC.Cc1ccc(-n2ccccc2=O)cc1F. The molecule has 0 aliphatic rings. The zero-order valence-electron chi connectivity index (χ0n) is 10.3. The predicted molar refractivity (Wildman–Crippen MR) is 68.1 cm³/mol. The minimum atomic E-state index is -0.303. The second-order valence-electron chi connectivity index (χ2n) is 3.34. The van der Waals surface area contributed by atoms with Crippen LogP contribution in [-0.4, -0.2) is 4.57 Å². The lowest BCUT2D eigenvalue weighted by atomic mass is 10.2. The molecule has 0 aliphatic carbocycles. The molecule has 0 fully saturated rings. The van der Waals surface area contributed by atoms with Crippen molar-refractivity contribution >= 4 is 0 Å². The van der Waals surface area contributed by atoms with E-state index in [0.29, 0.717) is 11.3 Å². The minimum absolute atomic E-state index is 0.166. The van der Waals surface area contributed by atoms with Gasteiger partial charge in [0.05, 0.1) is 5.69 Å². The summed E-state index contributed by atoms with van der Waals surface area (Å²) in [5.41, 5.74) is 0.951. The molecule has 0 spiro atoms. The van der Waals surface area contributed by atoms with E-state index in [2.05, 4.69) is 0 Å². The van der Waals surface area contributed by atoms with Crippen LogP contribution in [0.1, 0.15) is 19.4 Å². The lowest BCUT2D eigenvalue weighted by Gasteiger charge is -2.05. The monoisotopic (exact) mass is 233 g/mol. The molecule has 17 heavy (non-hydrogen) atoms. The number of benzene rings is 1. The molecule has 0 radical (unpaired) electrons. The molecule has 1 heterocycles. The summed E-state index contributed by atoms with van der Waals surface area (Å²) in [7, 11) is 0. The highest BCUT2D eigenvalue weighted by Gasteiger charge is 2.01. The van der Waals surface area contributed by atoms with Crippen molar-refractivity contribution in [1.82, 2.24) is 4.57 Å². The van der Waals surface area contributed by atoms with Crippen LogP contribution >= 0.6 is 0 Å². The van der Waals surface area contributed by atoms with Crippen LogP contribution in [0.3, 0.4) is 0 Å². The second kappa shape index (κ2) is 5.99. The van der Waals surface area contributed by atoms with Crippen molar-refractivity contribution < 1.29 is 4.39 Å². The topological polar surface area (TPSA) is 22.0 Å². The summed E-state index contributed by atoms with van der Waals surface area (Å²) in [5.74, 6) is -0.303. The summed E-state index contributed by atoms with van der Waals surface area (Å²) in [6.45, 7) is 5.69. The Kier molecular flexibility index (Phi) is 4.64. The van der Waals surface area contributed by atoms with Gasteiger partial charge in [-0.3, -0.25) is 9.36 Å². The van der Waals surface area contributed by atoms with Crippen molar-refractivity contribution in [3.63, 3.8) is 0 Å². The van der Waals surface area contributed by atoms with Crippen LogP contribution in [0.2, 0.25) is 0 Å². The van der Waals surface area contributed by atoms with Crippen LogP contribution in [0.25, 0.3) is 5.69 Å². The lowest BCUT2D eigenvalue weighted by Crippen LogP contribution is -2.15. The van der Waals surface area contributed by atoms with Gasteiger partial charge in [-0.15, -0.1) is 0 Å². The van der Waals surface area contributed by atoms with Crippen LogP contribution in [0.4, 0.5) is 4.39 Å². The maximum Gasteiger partial charge on any atom is 0.255 e. The summed E-state index contributed by atoms with van der Waals surface area (Å²) in [6.07, 6.45) is 1.62. The Labute approximate surface area is 100 Å². The largest absolute Gasteiger partial charge is 0.284 e. The van der Waals surface area contributed by atoms with Crippen molar-refractivity contribution in [2.24, 2.45) is 0 Å². The molecule has 2 nitrogen and oxygen atoms in total. The number of hydrogen-bond acceptors (Lipinski definition) is 1. The fourth-order valence-electron chi connectivity index (χ4n) is 1.37. The van der Waals surface area contributed by atoms with Gasteiger partial charge in [-0.2, -0.15) is 0 Å². The molecule has 1 aromatic heterocycles. The fourth-order valence-corrected chi connectivity index (χ4v) is 1.37. The number of aryl methyl sites for hydroxylation is 1. The van der Waals surface area contributed by atoms with Crippen LogP contribution in [0.5, 0.6) is 0 Å². The smallest absolute Gasteiger partial charge is 0.255 e. The highest BCUT2D eigenvalue weighted by Crippen LogP contribution is 2.11. The molecule has 0 unspecified atom stereocenters. The summed E-state index contributed by atoms with van der Waals surface area (Å²) in [6, 6.07) is 9.57. The van der Waals surface area contributed by atoms with Crippen molar-refractivity contribution in [2.75, 3.05) is 0 Å². The number of pyridine rings is 1. The summed E-state index contributed by atoms with van der Waals surface area (Å²) < 4.78 is 14.7. The average Bonchev–Trinajstić information content (AvgIpc) is 2.36. The van der Waals surface area contributed by atoms with Crippen LogP contribution < -0.4 is 5.56 Å². The van der Waals surface area contributed by atoms with Crippen molar-refractivity contribution in [1.29, 1.82) is 0 Å². The Morgan fingerprint density at radius 3 is 2.41 bits per heavy atom. The molecular weight excluding hydrogens is 217 g/mol. The van der Waals surface area contributed by atoms with Gasteiger partial charge in [0.25, 0.3) is 5.56 Å². The molecule has 90 valence electrons. The molecule has 0 N–H and O–H groups in total. The van der Waals surface area contributed by atoms with Gasteiger partial charge in [-0.1, -0.05) is 26.0 Å². The van der Waals surface area contributed by atoms with E-state index in [9.17, 15) is 9.18 Å². The zero-order valence-corrected chi connectivity index (χ0v) is 10.3. The Hall–Kier alpha value is -1.90. The summed E-state index contributed by atoms with van der Waals surface area (Å²) in [5, 5.41) is 0. The molecule has 0 saturated carbocycles. The molecule has 0 atom stereocenters. The third kappa shape index (κ3) is 3.03. The molecular formula is C14H16FNO.